The Labute approximate surface area is 80.1 Å². The van der Waals surface area contributed by atoms with Gasteiger partial charge in [0, 0.05) is 6.42 Å². The van der Waals surface area contributed by atoms with Gasteiger partial charge in [-0.1, -0.05) is 24.3 Å². The Bertz CT molecular complexity index is 78.4. The van der Waals surface area contributed by atoms with Gasteiger partial charge in [-0.05, 0) is 0 Å². The molecule has 0 spiro atoms. The second kappa shape index (κ2) is 8.81. The number of halogens is 2. The average Bonchev–Trinajstić information content (AvgIpc) is 2.17. The zero-order valence-corrected chi connectivity index (χ0v) is 12.1. The van der Waals surface area contributed by atoms with Crippen molar-refractivity contribution in [3.63, 3.8) is 0 Å². The van der Waals surface area contributed by atoms with Crippen LogP contribution in [-0.4, -0.2) is 0 Å². The quantitative estimate of drug-likeness (QED) is 0.357. The number of rotatable bonds is 0. The monoisotopic (exact) mass is 499 g/mol. The summed E-state index contributed by atoms with van der Waals surface area (Å²) in [5, 5.41) is 0. The molecule has 3 heteroatoms. The van der Waals surface area contributed by atoms with Crippen molar-refractivity contribution in [3.05, 3.63) is 30.7 Å². The minimum absolute atomic E-state index is 0.0233. The topological polar surface area (TPSA) is 0 Å². The molecule has 0 N–H and O–H groups in total. The Kier molecular flexibility index (Phi) is 10.8. The van der Waals surface area contributed by atoms with E-state index in [0.29, 0.717) is 0 Å². The summed E-state index contributed by atoms with van der Waals surface area (Å²) in [5.74, 6) is 0. The second-order valence-corrected chi connectivity index (χ2v) is 27.3. The molecule has 0 aliphatic heterocycles. The first-order chi connectivity index (χ1) is 3.91. The van der Waals surface area contributed by atoms with E-state index in [9.17, 15) is 0 Å². The minimum atomic E-state index is 0.0233. The van der Waals surface area contributed by atoms with Gasteiger partial charge >= 0.3 is 50.9 Å². The van der Waals surface area contributed by atoms with Crippen LogP contribution in [0.2, 0.25) is 0 Å². The van der Waals surface area contributed by atoms with Gasteiger partial charge in [0.25, 0.3) is 0 Å². The second-order valence-electron chi connectivity index (χ2n) is 1.03. The SMILES string of the molecule is [CH]1C=CC=C1.[I][Hf][I]. The predicted octanol–water partition coefficient (Wildman–Crippen LogP) is 3.09. The van der Waals surface area contributed by atoms with Crippen LogP contribution in [0.3, 0.4) is 0 Å². The average molecular weight is 497 g/mol. The number of allylic oxidation sites excluding steroid dienone is 4. The van der Waals surface area contributed by atoms with Crippen molar-refractivity contribution in [2.24, 2.45) is 0 Å². The van der Waals surface area contributed by atoms with Gasteiger partial charge in [0.1, 0.15) is 0 Å². The molecule has 0 aromatic rings. The van der Waals surface area contributed by atoms with Gasteiger partial charge in [0.15, 0.2) is 0 Å². The zero-order valence-electron chi connectivity index (χ0n) is 4.14. The van der Waals surface area contributed by atoms with E-state index in [4.69, 9.17) is 0 Å². The van der Waals surface area contributed by atoms with Gasteiger partial charge in [-0.3, -0.25) is 0 Å². The van der Waals surface area contributed by atoms with Gasteiger partial charge in [-0.15, -0.1) is 0 Å². The molecule has 0 aromatic heterocycles. The fourth-order valence-corrected chi connectivity index (χ4v) is 0.321. The number of hydrogen-bond donors (Lipinski definition) is 0. The summed E-state index contributed by atoms with van der Waals surface area (Å²) in [5.41, 5.74) is 0. The van der Waals surface area contributed by atoms with Gasteiger partial charge in [0.05, 0.1) is 0 Å². The molecule has 0 bridgehead atoms. The maximum atomic E-state index is 2.47. The zero-order chi connectivity index (χ0) is 6.24. The Morgan fingerprint density at radius 1 is 0.875 bits per heavy atom. The number of hydrogen-bond acceptors (Lipinski definition) is 0. The Morgan fingerprint density at radius 2 is 1.25 bits per heavy atom. The fourth-order valence-electron chi connectivity index (χ4n) is 0.321. The van der Waals surface area contributed by atoms with Crippen molar-refractivity contribution < 1.29 is 14.6 Å². The molecule has 0 aromatic carbocycles. The standard InChI is InChI=1S/C5H5.Hf.2HI/c1-2-4-5-3-1;;;/h1-5H;;2*1H/q;+2;;/p-2. The molecule has 43 valence electrons. The Morgan fingerprint density at radius 3 is 1.38 bits per heavy atom. The molecule has 8 heavy (non-hydrogen) atoms. The molecule has 1 aliphatic rings. The van der Waals surface area contributed by atoms with E-state index < -0.39 is 0 Å². The maximum absolute atomic E-state index is 2.47. The summed E-state index contributed by atoms with van der Waals surface area (Å²) >= 11 is 4.96. The van der Waals surface area contributed by atoms with E-state index in [-0.39, 0.29) is 14.6 Å². The molecule has 0 nitrogen and oxygen atoms in total. The summed E-state index contributed by atoms with van der Waals surface area (Å²) < 4.78 is 0. The summed E-state index contributed by atoms with van der Waals surface area (Å²) in [4.78, 5) is 0. The van der Waals surface area contributed by atoms with Crippen molar-refractivity contribution in [1.29, 1.82) is 0 Å². The van der Waals surface area contributed by atoms with Crippen LogP contribution in [0.1, 0.15) is 0 Å². The first-order valence-corrected chi connectivity index (χ1v) is 22.4. The summed E-state index contributed by atoms with van der Waals surface area (Å²) in [6.45, 7) is 0. The molecule has 1 aliphatic carbocycles. The molecule has 0 saturated carbocycles. The van der Waals surface area contributed by atoms with Crippen LogP contribution in [-0.2, 0) is 14.6 Å². The molecule has 0 saturated heterocycles. The first-order valence-electron chi connectivity index (χ1n) is 2.04. The fraction of sp³-hybridized carbons (Fsp3) is 0. The van der Waals surface area contributed by atoms with Crippen LogP contribution >= 0.6 is 36.3 Å². The Balaban J connectivity index is 0.000000145. The first kappa shape index (κ1) is 9.81. The van der Waals surface area contributed by atoms with Gasteiger partial charge in [0.2, 0.25) is 0 Å². The van der Waals surface area contributed by atoms with E-state index in [0.717, 1.165) is 0 Å². The van der Waals surface area contributed by atoms with Crippen LogP contribution < -0.4 is 0 Å². The van der Waals surface area contributed by atoms with Crippen LogP contribution in [0.25, 0.3) is 0 Å². The molecule has 1 rings (SSSR count). The van der Waals surface area contributed by atoms with Crippen molar-refractivity contribution in [2.45, 2.75) is 0 Å². The Hall–Kier alpha value is 1.81. The van der Waals surface area contributed by atoms with Gasteiger partial charge in [-0.25, -0.2) is 0 Å². The molecule has 1 radical (unpaired) electrons. The summed E-state index contributed by atoms with van der Waals surface area (Å²) in [6.07, 6.45) is 10.0. The van der Waals surface area contributed by atoms with E-state index in [1.807, 2.05) is 30.7 Å². The molecule has 0 atom stereocenters. The third-order valence-electron chi connectivity index (χ3n) is 0.556. The van der Waals surface area contributed by atoms with E-state index in [1.54, 1.807) is 0 Å². The molecular weight excluding hydrogens is 492 g/mol. The van der Waals surface area contributed by atoms with E-state index >= 15 is 0 Å². The van der Waals surface area contributed by atoms with Crippen LogP contribution in [0.4, 0.5) is 0 Å². The molecule has 0 fully saturated rings. The van der Waals surface area contributed by atoms with Crippen molar-refractivity contribution in [1.82, 2.24) is 0 Å². The summed E-state index contributed by atoms with van der Waals surface area (Å²) in [6, 6.07) is 0. The molecular formula is C5H5HfI2. The summed E-state index contributed by atoms with van der Waals surface area (Å²) in [7, 11) is 0. The third kappa shape index (κ3) is 7.81. The van der Waals surface area contributed by atoms with Crippen molar-refractivity contribution in [2.75, 3.05) is 0 Å². The van der Waals surface area contributed by atoms with Crippen LogP contribution in [0, 0.1) is 6.42 Å². The van der Waals surface area contributed by atoms with E-state index in [1.165, 1.54) is 0 Å². The van der Waals surface area contributed by atoms with Crippen molar-refractivity contribution in [3.8, 4) is 0 Å². The normalized spacial score (nSPS) is 12.8. The molecule has 0 unspecified atom stereocenters. The predicted molar refractivity (Wildman–Crippen MR) is 50.6 cm³/mol. The van der Waals surface area contributed by atoms with E-state index in [2.05, 4.69) is 36.3 Å². The van der Waals surface area contributed by atoms with Crippen LogP contribution in [0.5, 0.6) is 0 Å². The van der Waals surface area contributed by atoms with Gasteiger partial charge in [-0.2, -0.15) is 0 Å². The van der Waals surface area contributed by atoms with Crippen molar-refractivity contribution >= 4 is 36.3 Å². The molecule has 0 heterocycles. The molecule has 0 amide bonds. The van der Waals surface area contributed by atoms with Gasteiger partial charge < -0.3 is 0 Å². The third-order valence-corrected chi connectivity index (χ3v) is 0.556. The van der Waals surface area contributed by atoms with Crippen LogP contribution in [0.15, 0.2) is 24.3 Å².